The third-order valence-corrected chi connectivity index (χ3v) is 8.12. The molecule has 4 nitrogen and oxygen atoms in total. The van der Waals surface area contributed by atoms with Gasteiger partial charge in [0.15, 0.2) is 5.17 Å². The molecule has 2 heterocycles. The van der Waals surface area contributed by atoms with Gasteiger partial charge in [0.05, 0.1) is 20.6 Å². The van der Waals surface area contributed by atoms with Crippen LogP contribution in [0.2, 0.25) is 10.0 Å². The molecule has 1 aliphatic rings. The lowest BCUT2D eigenvalue weighted by Gasteiger charge is -2.10. The number of halogens is 3. The Morgan fingerprint density at radius 1 is 1.03 bits per heavy atom. The van der Waals surface area contributed by atoms with Gasteiger partial charge < -0.3 is 9.88 Å². The minimum absolute atomic E-state index is 0.154. The number of carbonyl (C=O) groups excluding carboxylic acids is 1. The van der Waals surface area contributed by atoms with Crippen molar-refractivity contribution in [2.45, 2.75) is 27.7 Å². The van der Waals surface area contributed by atoms with Crippen molar-refractivity contribution in [1.29, 1.82) is 0 Å². The van der Waals surface area contributed by atoms with E-state index in [1.165, 1.54) is 11.8 Å². The predicted octanol–water partition coefficient (Wildman–Crippen LogP) is 7.67. The van der Waals surface area contributed by atoms with Crippen molar-refractivity contribution >= 4 is 73.7 Å². The van der Waals surface area contributed by atoms with E-state index >= 15 is 0 Å². The maximum absolute atomic E-state index is 12.6. The molecule has 0 spiro atoms. The molecular formula is C24H20BrCl2N3OS. The van der Waals surface area contributed by atoms with Crippen LogP contribution in [0.3, 0.4) is 0 Å². The molecule has 0 radical (unpaired) electrons. The molecule has 1 saturated heterocycles. The van der Waals surface area contributed by atoms with E-state index in [0.717, 1.165) is 43.9 Å². The molecule has 0 unspecified atom stereocenters. The fraction of sp³-hybridized carbons (Fsp3) is 0.167. The van der Waals surface area contributed by atoms with E-state index in [1.807, 2.05) is 58.0 Å². The summed E-state index contributed by atoms with van der Waals surface area (Å²) in [6.45, 7) is 8.08. The third kappa shape index (κ3) is 4.55. The van der Waals surface area contributed by atoms with Crippen molar-refractivity contribution in [2.24, 2.45) is 4.99 Å². The van der Waals surface area contributed by atoms with Crippen LogP contribution in [-0.2, 0) is 4.79 Å². The highest BCUT2D eigenvalue weighted by Crippen LogP contribution is 2.33. The molecule has 0 bridgehead atoms. The second kappa shape index (κ2) is 9.10. The maximum Gasteiger partial charge on any atom is 0.264 e. The van der Waals surface area contributed by atoms with Gasteiger partial charge in [-0.05, 0) is 98.6 Å². The zero-order valence-corrected chi connectivity index (χ0v) is 21.8. The van der Waals surface area contributed by atoms with Gasteiger partial charge >= 0.3 is 0 Å². The van der Waals surface area contributed by atoms with E-state index in [2.05, 4.69) is 36.9 Å². The summed E-state index contributed by atoms with van der Waals surface area (Å²) in [4.78, 5) is 17.8. The molecule has 1 amide bonds. The number of aryl methyl sites for hydroxylation is 3. The van der Waals surface area contributed by atoms with Crippen LogP contribution in [0.4, 0.5) is 5.69 Å². The summed E-state index contributed by atoms with van der Waals surface area (Å²) in [6, 6.07) is 11.6. The first-order chi connectivity index (χ1) is 15.1. The lowest BCUT2D eigenvalue weighted by atomic mass is 10.1. The number of thioether (sulfide) groups is 1. The number of aromatic nitrogens is 1. The number of hydrogen-bond acceptors (Lipinski definition) is 3. The normalized spacial score (nSPS) is 16.3. The van der Waals surface area contributed by atoms with Gasteiger partial charge in [0, 0.05) is 21.5 Å². The van der Waals surface area contributed by atoms with Crippen LogP contribution in [0.5, 0.6) is 0 Å². The van der Waals surface area contributed by atoms with Crippen molar-refractivity contribution < 1.29 is 4.79 Å². The van der Waals surface area contributed by atoms with Crippen LogP contribution >= 0.6 is 50.9 Å². The summed E-state index contributed by atoms with van der Waals surface area (Å²) in [6.07, 6.45) is 1.90. The highest BCUT2D eigenvalue weighted by Gasteiger charge is 2.25. The molecule has 1 fully saturated rings. The number of carbonyl (C=O) groups is 1. The number of amidine groups is 1. The van der Waals surface area contributed by atoms with E-state index in [0.29, 0.717) is 20.1 Å². The molecular weight excluding hydrogens is 529 g/mol. The minimum atomic E-state index is -0.154. The van der Waals surface area contributed by atoms with E-state index in [-0.39, 0.29) is 5.91 Å². The van der Waals surface area contributed by atoms with Crippen molar-refractivity contribution in [3.8, 4) is 5.69 Å². The Balaban J connectivity index is 1.65. The Morgan fingerprint density at radius 2 is 1.72 bits per heavy atom. The molecule has 3 aromatic rings. The van der Waals surface area contributed by atoms with Gasteiger partial charge in [-0.25, -0.2) is 4.99 Å². The molecule has 164 valence electrons. The summed E-state index contributed by atoms with van der Waals surface area (Å²) in [5.74, 6) is -0.154. The van der Waals surface area contributed by atoms with Crippen LogP contribution in [0.25, 0.3) is 11.8 Å². The summed E-state index contributed by atoms with van der Waals surface area (Å²) < 4.78 is 3.16. The molecule has 4 rings (SSSR count). The maximum atomic E-state index is 12.6. The SMILES string of the molecule is Cc1cc(N=C2NC(=O)/C(=C\c3cc(C)n(-c4ccc(Cl)c(Cl)c4)c3C)S2)cc(C)c1Br. The quantitative estimate of drug-likeness (QED) is 0.341. The van der Waals surface area contributed by atoms with E-state index in [4.69, 9.17) is 23.2 Å². The highest BCUT2D eigenvalue weighted by atomic mass is 79.9. The zero-order chi connectivity index (χ0) is 23.2. The van der Waals surface area contributed by atoms with Gasteiger partial charge in [-0.3, -0.25) is 4.79 Å². The first kappa shape index (κ1) is 23.2. The number of aliphatic imine (C=N–C) groups is 1. The smallest absolute Gasteiger partial charge is 0.264 e. The second-order valence-corrected chi connectivity index (χ2v) is 10.3. The predicted molar refractivity (Wildman–Crippen MR) is 140 cm³/mol. The van der Waals surface area contributed by atoms with E-state index in [9.17, 15) is 4.79 Å². The summed E-state index contributed by atoms with van der Waals surface area (Å²) in [7, 11) is 0. The second-order valence-electron chi connectivity index (χ2n) is 7.64. The molecule has 8 heteroatoms. The summed E-state index contributed by atoms with van der Waals surface area (Å²) in [5.41, 5.74) is 6.93. The Hall–Kier alpha value is -1.99. The summed E-state index contributed by atoms with van der Waals surface area (Å²) >= 11 is 17.2. The number of amides is 1. The molecule has 0 aliphatic carbocycles. The standard InChI is InChI=1S/C24H20BrCl2N3OS/c1-12-7-17(8-13(2)22(12)25)28-24-29-23(31)21(32-24)10-16-9-14(3)30(15(16)4)18-5-6-19(26)20(27)11-18/h5-11H,1-4H3,(H,28,29,31)/b21-10+. The number of rotatable bonds is 3. The van der Waals surface area contributed by atoms with E-state index in [1.54, 1.807) is 6.07 Å². The fourth-order valence-corrected chi connectivity index (χ4v) is 5.04. The molecule has 2 aromatic carbocycles. The van der Waals surface area contributed by atoms with Gasteiger partial charge in [-0.1, -0.05) is 39.1 Å². The van der Waals surface area contributed by atoms with Crippen LogP contribution < -0.4 is 5.32 Å². The van der Waals surface area contributed by atoms with Crippen LogP contribution in [0.15, 0.2) is 50.8 Å². The molecule has 1 aromatic heterocycles. The lowest BCUT2D eigenvalue weighted by molar-refractivity contribution is -0.115. The number of hydrogen-bond donors (Lipinski definition) is 1. The molecule has 0 atom stereocenters. The van der Waals surface area contributed by atoms with Crippen LogP contribution in [0, 0.1) is 27.7 Å². The Bertz CT molecular complexity index is 1300. The molecule has 0 saturated carbocycles. The van der Waals surface area contributed by atoms with Gasteiger partial charge in [-0.2, -0.15) is 0 Å². The minimum Gasteiger partial charge on any atom is -0.318 e. The number of nitrogens with zero attached hydrogens (tertiary/aromatic N) is 2. The van der Waals surface area contributed by atoms with Crippen LogP contribution in [0.1, 0.15) is 28.1 Å². The van der Waals surface area contributed by atoms with E-state index < -0.39 is 0 Å². The molecule has 32 heavy (non-hydrogen) atoms. The third-order valence-electron chi connectivity index (χ3n) is 5.22. The van der Waals surface area contributed by atoms with Crippen molar-refractivity contribution in [3.05, 3.63) is 83.9 Å². The fourth-order valence-electron chi connectivity index (χ4n) is 3.68. The Labute approximate surface area is 209 Å². The van der Waals surface area contributed by atoms with Crippen molar-refractivity contribution in [3.63, 3.8) is 0 Å². The average Bonchev–Trinajstić information content (AvgIpc) is 3.20. The van der Waals surface area contributed by atoms with Gasteiger partial charge in [0.25, 0.3) is 5.91 Å². The van der Waals surface area contributed by atoms with Crippen molar-refractivity contribution in [1.82, 2.24) is 9.88 Å². The van der Waals surface area contributed by atoms with Crippen LogP contribution in [-0.4, -0.2) is 15.6 Å². The largest absolute Gasteiger partial charge is 0.318 e. The first-order valence-corrected chi connectivity index (χ1v) is 12.2. The summed E-state index contributed by atoms with van der Waals surface area (Å²) in [5, 5.41) is 4.46. The zero-order valence-electron chi connectivity index (χ0n) is 17.9. The van der Waals surface area contributed by atoms with Crippen molar-refractivity contribution in [2.75, 3.05) is 0 Å². The highest BCUT2D eigenvalue weighted by molar-refractivity contribution is 9.10. The Morgan fingerprint density at radius 3 is 2.38 bits per heavy atom. The van der Waals surface area contributed by atoms with Gasteiger partial charge in [0.2, 0.25) is 0 Å². The average molecular weight is 549 g/mol. The topological polar surface area (TPSA) is 46.4 Å². The molecule has 1 N–H and O–H groups in total. The first-order valence-electron chi connectivity index (χ1n) is 9.84. The Kier molecular flexibility index (Phi) is 6.59. The lowest BCUT2D eigenvalue weighted by Crippen LogP contribution is -2.19. The number of benzene rings is 2. The van der Waals surface area contributed by atoms with Gasteiger partial charge in [0.1, 0.15) is 0 Å². The number of nitrogens with one attached hydrogen (secondary N) is 1. The monoisotopic (exact) mass is 547 g/mol. The van der Waals surface area contributed by atoms with Gasteiger partial charge in [-0.15, -0.1) is 0 Å². The molecule has 1 aliphatic heterocycles.